The zero-order chi connectivity index (χ0) is 29.4. The molecule has 3 atom stereocenters. The maximum absolute atomic E-state index is 14.5. The summed E-state index contributed by atoms with van der Waals surface area (Å²) in [5.41, 5.74) is 6.14. The van der Waals surface area contributed by atoms with E-state index in [4.69, 9.17) is 24.4 Å². The summed E-state index contributed by atoms with van der Waals surface area (Å²) >= 11 is 1.38. The van der Waals surface area contributed by atoms with E-state index in [1.807, 2.05) is 31.2 Å². The summed E-state index contributed by atoms with van der Waals surface area (Å²) < 4.78 is 23.6. The van der Waals surface area contributed by atoms with Gasteiger partial charge >= 0.3 is 6.03 Å². The van der Waals surface area contributed by atoms with Gasteiger partial charge in [0.25, 0.3) is 0 Å². The van der Waals surface area contributed by atoms with Crippen molar-refractivity contribution >= 4 is 34.5 Å². The molecule has 1 aromatic carbocycles. The van der Waals surface area contributed by atoms with Gasteiger partial charge in [-0.1, -0.05) is 42.8 Å². The SMILES string of the molecule is COc1ccccc1C(CN1C(=O)N(C2(C(N)=O)CCCC2)C(=O)C2C(C)=C(c3ncco3)SC21)OC1CCOCC1. The van der Waals surface area contributed by atoms with E-state index in [2.05, 4.69) is 4.98 Å². The molecule has 2 aromatic rings. The van der Waals surface area contributed by atoms with Gasteiger partial charge in [0.2, 0.25) is 17.7 Å². The molecular weight excluding hydrogens is 560 g/mol. The summed E-state index contributed by atoms with van der Waals surface area (Å²) in [6.07, 6.45) is 5.95. The van der Waals surface area contributed by atoms with Gasteiger partial charge in [0.15, 0.2) is 0 Å². The summed E-state index contributed by atoms with van der Waals surface area (Å²) in [4.78, 5) is 49.7. The van der Waals surface area contributed by atoms with E-state index in [1.54, 1.807) is 18.2 Å². The number of nitrogens with two attached hydrogens (primary N) is 1. The molecule has 3 unspecified atom stereocenters. The van der Waals surface area contributed by atoms with Crippen LogP contribution in [0.15, 0.2) is 46.7 Å². The van der Waals surface area contributed by atoms with Gasteiger partial charge in [-0.15, -0.1) is 0 Å². The Morgan fingerprint density at radius 1 is 1.21 bits per heavy atom. The van der Waals surface area contributed by atoms with Gasteiger partial charge in [0.1, 0.15) is 23.7 Å². The van der Waals surface area contributed by atoms with Crippen LogP contribution in [0.3, 0.4) is 0 Å². The van der Waals surface area contributed by atoms with E-state index >= 15 is 0 Å². The lowest BCUT2D eigenvalue weighted by Crippen LogP contribution is -2.69. The van der Waals surface area contributed by atoms with Crippen LogP contribution in [0.4, 0.5) is 4.79 Å². The van der Waals surface area contributed by atoms with Crippen LogP contribution in [-0.2, 0) is 19.1 Å². The number of primary amides is 1. The molecule has 1 aromatic heterocycles. The molecule has 0 spiro atoms. The molecular formula is C30H36N4O7S. The first-order chi connectivity index (χ1) is 20.4. The van der Waals surface area contributed by atoms with Gasteiger partial charge in [-0.3, -0.25) is 9.59 Å². The fraction of sp³-hybridized carbons (Fsp3) is 0.533. The van der Waals surface area contributed by atoms with Crippen molar-refractivity contribution in [1.29, 1.82) is 0 Å². The molecule has 0 bridgehead atoms. The maximum Gasteiger partial charge on any atom is 0.328 e. The summed E-state index contributed by atoms with van der Waals surface area (Å²) in [5.74, 6) is -0.730. The average molecular weight is 597 g/mol. The lowest BCUT2D eigenvalue weighted by molar-refractivity contribution is -0.149. The Bertz CT molecular complexity index is 1370. The molecule has 4 amide bonds. The minimum absolute atomic E-state index is 0.0761. The van der Waals surface area contributed by atoms with Crippen LogP contribution in [0.5, 0.6) is 5.75 Å². The van der Waals surface area contributed by atoms with E-state index in [-0.39, 0.29) is 12.6 Å². The number of thioether (sulfide) groups is 1. The number of imide groups is 1. The number of fused-ring (bicyclic) bond motifs is 1. The number of carbonyl (C=O) groups excluding carboxylic acids is 3. The third-order valence-corrected chi connectivity index (χ3v) is 10.4. The molecule has 2 N–H and O–H groups in total. The molecule has 1 aliphatic carbocycles. The second kappa shape index (κ2) is 11.7. The molecule has 11 nitrogen and oxygen atoms in total. The lowest BCUT2D eigenvalue weighted by Gasteiger charge is -2.48. The molecule has 6 rings (SSSR count). The van der Waals surface area contributed by atoms with Crippen LogP contribution < -0.4 is 10.5 Å². The number of para-hydroxylation sites is 1. The largest absolute Gasteiger partial charge is 0.496 e. The zero-order valence-corrected chi connectivity index (χ0v) is 24.6. The number of carbonyl (C=O) groups is 3. The monoisotopic (exact) mass is 596 g/mol. The zero-order valence-electron chi connectivity index (χ0n) is 23.8. The van der Waals surface area contributed by atoms with Gasteiger partial charge in [0, 0.05) is 18.8 Å². The first kappa shape index (κ1) is 28.8. The predicted octanol–water partition coefficient (Wildman–Crippen LogP) is 4.10. The smallest absolute Gasteiger partial charge is 0.328 e. The maximum atomic E-state index is 14.5. The number of methoxy groups -OCH3 is 1. The van der Waals surface area contributed by atoms with E-state index < -0.39 is 40.8 Å². The van der Waals surface area contributed by atoms with E-state index in [0.29, 0.717) is 55.4 Å². The molecule has 4 aliphatic rings. The fourth-order valence-electron chi connectivity index (χ4n) is 6.70. The topological polar surface area (TPSA) is 137 Å². The molecule has 3 fully saturated rings. The van der Waals surface area contributed by atoms with Gasteiger partial charge in [-0.25, -0.2) is 14.7 Å². The Morgan fingerprint density at radius 2 is 1.95 bits per heavy atom. The van der Waals surface area contributed by atoms with Crippen molar-refractivity contribution < 1.29 is 33.0 Å². The molecule has 3 aliphatic heterocycles. The summed E-state index contributed by atoms with van der Waals surface area (Å²) in [6, 6.07) is 7.06. The Balaban J connectivity index is 1.42. The van der Waals surface area contributed by atoms with Crippen molar-refractivity contribution in [2.24, 2.45) is 11.7 Å². The minimum Gasteiger partial charge on any atom is -0.496 e. The highest BCUT2D eigenvalue weighted by atomic mass is 32.2. The number of benzene rings is 1. The van der Waals surface area contributed by atoms with Crippen LogP contribution in [-0.4, -0.2) is 76.5 Å². The van der Waals surface area contributed by atoms with Crippen LogP contribution in [0.2, 0.25) is 0 Å². The fourth-order valence-corrected chi connectivity index (χ4v) is 8.22. The van der Waals surface area contributed by atoms with Crippen LogP contribution >= 0.6 is 11.8 Å². The lowest BCUT2D eigenvalue weighted by atomic mass is 9.88. The standard InChI is InChI=1S/C30H36N4O7S/c1-18-23-26(35)34(30(28(31)36)11-5-6-12-30)29(37)33(27(23)42-24(18)25-32-13-16-40-25)17-22(41-19-9-14-39-15-10-19)20-7-3-4-8-21(20)38-2/h3-4,7-8,13,16,19,22-23,27H,5-6,9-12,14-15,17H2,1-2H3,(H2,31,36). The number of urea groups is 1. The first-order valence-corrected chi connectivity index (χ1v) is 15.3. The summed E-state index contributed by atoms with van der Waals surface area (Å²) in [6.45, 7) is 3.19. The predicted molar refractivity (Wildman–Crippen MR) is 154 cm³/mol. The summed E-state index contributed by atoms with van der Waals surface area (Å²) in [5, 5.41) is -0.579. The molecule has 12 heteroatoms. The van der Waals surface area contributed by atoms with Gasteiger partial charge in [-0.05, 0) is 44.2 Å². The van der Waals surface area contributed by atoms with Gasteiger partial charge < -0.3 is 29.3 Å². The third-order valence-electron chi connectivity index (χ3n) is 8.90. The molecule has 224 valence electrons. The Kier molecular flexibility index (Phi) is 8.03. The number of ether oxygens (including phenoxy) is 3. The summed E-state index contributed by atoms with van der Waals surface area (Å²) in [7, 11) is 1.60. The highest BCUT2D eigenvalue weighted by molar-refractivity contribution is 8.09. The Hall–Kier alpha value is -3.35. The van der Waals surface area contributed by atoms with Crippen molar-refractivity contribution in [1.82, 2.24) is 14.8 Å². The first-order valence-electron chi connectivity index (χ1n) is 14.4. The van der Waals surface area contributed by atoms with Crippen LogP contribution in [0.1, 0.15) is 63.0 Å². The minimum atomic E-state index is -1.37. The molecule has 4 heterocycles. The van der Waals surface area contributed by atoms with Crippen molar-refractivity contribution in [2.45, 2.75) is 68.6 Å². The number of hydrogen-bond acceptors (Lipinski definition) is 9. The number of hydrogen-bond donors (Lipinski definition) is 1. The van der Waals surface area contributed by atoms with Crippen LogP contribution in [0, 0.1) is 5.92 Å². The van der Waals surface area contributed by atoms with Crippen molar-refractivity contribution in [3.63, 3.8) is 0 Å². The molecule has 1 saturated carbocycles. The molecule has 0 radical (unpaired) electrons. The normalized spacial score (nSPS) is 25.2. The molecule has 42 heavy (non-hydrogen) atoms. The van der Waals surface area contributed by atoms with Gasteiger partial charge in [-0.2, -0.15) is 0 Å². The number of amides is 4. The van der Waals surface area contributed by atoms with E-state index in [1.165, 1.54) is 22.9 Å². The number of rotatable bonds is 9. The highest BCUT2D eigenvalue weighted by Crippen LogP contribution is 2.53. The molecule has 2 saturated heterocycles. The van der Waals surface area contributed by atoms with E-state index in [0.717, 1.165) is 24.0 Å². The van der Waals surface area contributed by atoms with Crippen molar-refractivity contribution in [3.8, 4) is 5.75 Å². The van der Waals surface area contributed by atoms with Gasteiger partial charge in [0.05, 0.1) is 42.2 Å². The Labute approximate surface area is 248 Å². The third kappa shape index (κ3) is 4.88. The number of oxazole rings is 1. The second-order valence-corrected chi connectivity index (χ2v) is 12.4. The average Bonchev–Trinajstić information content (AvgIpc) is 3.77. The second-order valence-electron chi connectivity index (χ2n) is 11.2. The quantitative estimate of drug-likeness (QED) is 0.453. The number of nitrogens with zero attached hydrogens (tertiary/aromatic N) is 3. The number of aromatic nitrogens is 1. The van der Waals surface area contributed by atoms with Crippen molar-refractivity contribution in [2.75, 3.05) is 26.9 Å². The highest BCUT2D eigenvalue weighted by Gasteiger charge is 2.60. The Morgan fingerprint density at radius 3 is 2.62 bits per heavy atom. The van der Waals surface area contributed by atoms with Crippen molar-refractivity contribution in [3.05, 3.63) is 53.8 Å². The van der Waals surface area contributed by atoms with Crippen LogP contribution in [0.25, 0.3) is 4.91 Å². The van der Waals surface area contributed by atoms with E-state index in [9.17, 15) is 14.4 Å².